The summed E-state index contributed by atoms with van der Waals surface area (Å²) in [6.45, 7) is 9.23. The number of hydrogen-bond donors (Lipinski definition) is 1. The summed E-state index contributed by atoms with van der Waals surface area (Å²) < 4.78 is 9.10. The van der Waals surface area contributed by atoms with E-state index < -0.39 is 0 Å². The summed E-state index contributed by atoms with van der Waals surface area (Å²) in [5.74, 6) is 0. The van der Waals surface area contributed by atoms with Gasteiger partial charge in [0.1, 0.15) is 5.60 Å². The van der Waals surface area contributed by atoms with Gasteiger partial charge >= 0.3 is 6.09 Å². The van der Waals surface area contributed by atoms with Crippen LogP contribution in [-0.4, -0.2) is 56.4 Å². The third-order valence-electron chi connectivity index (χ3n) is 1.86. The minimum atomic E-state index is -0.387. The zero-order valence-corrected chi connectivity index (χ0v) is 11.0. The van der Waals surface area contributed by atoms with Crippen molar-refractivity contribution in [3.05, 3.63) is 0 Å². The monoisotopic (exact) mass is 246 g/mol. The topological polar surface area (TPSA) is 67.9 Å². The molecule has 0 spiro atoms. The van der Waals surface area contributed by atoms with Gasteiger partial charge in [0, 0.05) is 26.2 Å². The Labute approximate surface area is 102 Å². The van der Waals surface area contributed by atoms with Gasteiger partial charge in [-0.05, 0) is 20.8 Å². The second-order valence-electron chi connectivity index (χ2n) is 4.55. The van der Waals surface area contributed by atoms with E-state index in [2.05, 4.69) is 10.1 Å². The molecule has 17 heavy (non-hydrogen) atoms. The van der Waals surface area contributed by atoms with E-state index in [9.17, 15) is 4.79 Å². The molecule has 0 aliphatic carbocycles. The van der Waals surface area contributed by atoms with Crippen molar-refractivity contribution >= 4 is 12.6 Å². The molecular formula is C11H22N2O4. The summed E-state index contributed by atoms with van der Waals surface area (Å²) in [7, 11) is 1.31. The van der Waals surface area contributed by atoms with Crippen LogP contribution in [0.3, 0.4) is 0 Å². The Morgan fingerprint density at radius 1 is 1.29 bits per heavy atom. The second kappa shape index (κ2) is 7.89. The molecule has 0 aromatic carbocycles. The first-order valence-electron chi connectivity index (χ1n) is 5.56. The molecule has 0 unspecified atom stereocenters. The number of hydrogen-bond acceptors (Lipinski definition) is 5. The molecule has 6 heteroatoms. The van der Waals surface area contributed by atoms with Crippen molar-refractivity contribution in [1.82, 2.24) is 10.2 Å². The Morgan fingerprint density at radius 3 is 2.12 bits per heavy atom. The molecule has 1 rings (SSSR count). The first-order valence-corrected chi connectivity index (χ1v) is 5.56. The van der Waals surface area contributed by atoms with Crippen LogP contribution >= 0.6 is 0 Å². The molecule has 0 bridgehead atoms. The van der Waals surface area contributed by atoms with E-state index in [1.807, 2.05) is 20.8 Å². The molecule has 0 radical (unpaired) electrons. The first kappa shape index (κ1) is 15.7. The highest BCUT2D eigenvalue weighted by Gasteiger charge is 2.22. The third kappa shape index (κ3) is 8.50. The van der Waals surface area contributed by atoms with Gasteiger partial charge in [-0.15, -0.1) is 0 Å². The van der Waals surface area contributed by atoms with E-state index in [4.69, 9.17) is 9.53 Å². The van der Waals surface area contributed by atoms with E-state index >= 15 is 0 Å². The van der Waals surface area contributed by atoms with Crippen LogP contribution in [0.25, 0.3) is 0 Å². The molecule has 1 amide bonds. The summed E-state index contributed by atoms with van der Waals surface area (Å²) in [5.41, 5.74) is -0.387. The minimum Gasteiger partial charge on any atom is -0.471 e. The number of ether oxygens (including phenoxy) is 2. The van der Waals surface area contributed by atoms with Crippen molar-refractivity contribution in [2.45, 2.75) is 26.4 Å². The molecule has 1 aliphatic rings. The average molecular weight is 246 g/mol. The molecule has 1 aliphatic heterocycles. The average Bonchev–Trinajstić information content (AvgIpc) is 2.28. The van der Waals surface area contributed by atoms with E-state index in [1.54, 1.807) is 4.90 Å². The van der Waals surface area contributed by atoms with Crippen LogP contribution in [0, 0.1) is 0 Å². The lowest BCUT2D eigenvalue weighted by atomic mass is 10.2. The number of rotatable bonds is 1. The number of nitrogens with one attached hydrogen (secondary N) is 1. The van der Waals surface area contributed by atoms with Crippen molar-refractivity contribution in [2.75, 3.05) is 33.3 Å². The maximum atomic E-state index is 11.5. The molecule has 1 fully saturated rings. The van der Waals surface area contributed by atoms with Gasteiger partial charge in [0.2, 0.25) is 0 Å². The van der Waals surface area contributed by atoms with E-state index in [-0.39, 0.29) is 11.7 Å². The van der Waals surface area contributed by atoms with E-state index in [0.717, 1.165) is 26.2 Å². The van der Waals surface area contributed by atoms with E-state index in [0.29, 0.717) is 6.47 Å². The van der Waals surface area contributed by atoms with Gasteiger partial charge in [-0.1, -0.05) is 0 Å². The van der Waals surface area contributed by atoms with Crippen LogP contribution in [0.4, 0.5) is 4.79 Å². The van der Waals surface area contributed by atoms with Crippen LogP contribution in [0.15, 0.2) is 0 Å². The number of amides is 1. The summed E-state index contributed by atoms with van der Waals surface area (Å²) in [6.07, 6.45) is -0.200. The number of methoxy groups -OCH3 is 1. The standard InChI is InChI=1S/C9H18N2O2.C2H4O2/c1-9(2,3)13-8(12)11-6-4-10-5-7-11;1-4-2-3/h10H,4-7H2,1-3H3;2H,1H3. The highest BCUT2D eigenvalue weighted by atomic mass is 16.6. The summed E-state index contributed by atoms with van der Waals surface area (Å²) in [5, 5.41) is 3.18. The first-order chi connectivity index (χ1) is 7.90. The fraction of sp³-hybridized carbons (Fsp3) is 0.818. The van der Waals surface area contributed by atoms with Crippen molar-refractivity contribution in [1.29, 1.82) is 0 Å². The summed E-state index contributed by atoms with van der Waals surface area (Å²) >= 11 is 0. The van der Waals surface area contributed by atoms with Gasteiger partial charge in [0.05, 0.1) is 7.11 Å². The van der Waals surface area contributed by atoms with Gasteiger partial charge in [0.15, 0.2) is 0 Å². The number of carbonyl (C=O) groups excluding carboxylic acids is 2. The number of nitrogens with zero attached hydrogens (tertiary/aromatic N) is 1. The Bertz CT molecular complexity index is 232. The Balaban J connectivity index is 0.000000557. The lowest BCUT2D eigenvalue weighted by Crippen LogP contribution is -2.48. The molecule has 0 aromatic heterocycles. The predicted molar refractivity (Wildman–Crippen MR) is 63.7 cm³/mol. The highest BCUT2D eigenvalue weighted by molar-refractivity contribution is 5.68. The lowest BCUT2D eigenvalue weighted by Gasteiger charge is -2.30. The van der Waals surface area contributed by atoms with Crippen molar-refractivity contribution in [3.63, 3.8) is 0 Å². The maximum Gasteiger partial charge on any atom is 0.410 e. The number of carbonyl (C=O) groups is 2. The Morgan fingerprint density at radius 2 is 1.76 bits per heavy atom. The largest absolute Gasteiger partial charge is 0.471 e. The molecule has 6 nitrogen and oxygen atoms in total. The van der Waals surface area contributed by atoms with E-state index in [1.165, 1.54) is 7.11 Å². The quantitative estimate of drug-likeness (QED) is 0.687. The fourth-order valence-electron chi connectivity index (χ4n) is 1.17. The van der Waals surface area contributed by atoms with Gasteiger partial charge in [0.25, 0.3) is 6.47 Å². The molecule has 0 aromatic rings. The van der Waals surface area contributed by atoms with Gasteiger partial charge in [-0.3, -0.25) is 4.79 Å². The highest BCUT2D eigenvalue weighted by Crippen LogP contribution is 2.09. The van der Waals surface area contributed by atoms with Crippen LogP contribution < -0.4 is 5.32 Å². The Hall–Kier alpha value is -1.30. The summed E-state index contributed by atoms with van der Waals surface area (Å²) in [6, 6.07) is 0. The molecule has 1 heterocycles. The summed E-state index contributed by atoms with van der Waals surface area (Å²) in [4.78, 5) is 22.2. The molecule has 100 valence electrons. The Kier molecular flexibility index (Phi) is 7.29. The zero-order valence-electron chi connectivity index (χ0n) is 11.0. The molecule has 0 atom stereocenters. The fourth-order valence-corrected chi connectivity index (χ4v) is 1.17. The zero-order chi connectivity index (χ0) is 13.3. The van der Waals surface area contributed by atoms with Crippen molar-refractivity contribution in [3.8, 4) is 0 Å². The third-order valence-corrected chi connectivity index (χ3v) is 1.86. The van der Waals surface area contributed by atoms with Gasteiger partial charge in [-0.2, -0.15) is 0 Å². The predicted octanol–water partition coefficient (Wildman–Crippen LogP) is 0.616. The van der Waals surface area contributed by atoms with Gasteiger partial charge < -0.3 is 19.7 Å². The van der Waals surface area contributed by atoms with Crippen LogP contribution in [0.2, 0.25) is 0 Å². The molecule has 0 saturated carbocycles. The van der Waals surface area contributed by atoms with Crippen LogP contribution in [0.5, 0.6) is 0 Å². The lowest BCUT2D eigenvalue weighted by molar-refractivity contribution is -0.126. The molecule has 1 N–H and O–H groups in total. The van der Waals surface area contributed by atoms with Crippen molar-refractivity contribution < 1.29 is 19.1 Å². The van der Waals surface area contributed by atoms with Gasteiger partial charge in [-0.25, -0.2) is 4.79 Å². The van der Waals surface area contributed by atoms with Crippen LogP contribution in [0.1, 0.15) is 20.8 Å². The maximum absolute atomic E-state index is 11.5. The van der Waals surface area contributed by atoms with Crippen LogP contribution in [-0.2, 0) is 14.3 Å². The minimum absolute atomic E-state index is 0.200. The second-order valence-corrected chi connectivity index (χ2v) is 4.55. The number of piperazine rings is 1. The van der Waals surface area contributed by atoms with Crippen molar-refractivity contribution in [2.24, 2.45) is 0 Å². The SMILES string of the molecule is CC(C)(C)OC(=O)N1CCNCC1.COC=O. The molecular weight excluding hydrogens is 224 g/mol. The normalized spacial score (nSPS) is 15.4. The smallest absolute Gasteiger partial charge is 0.410 e. The molecule has 1 saturated heterocycles.